The molecule has 0 atom stereocenters. The van der Waals surface area contributed by atoms with Crippen molar-refractivity contribution in [1.82, 2.24) is 15.0 Å². The van der Waals surface area contributed by atoms with Gasteiger partial charge in [-0.25, -0.2) is 0 Å². The molecule has 7 rings (SSSR count). The molecule has 1 aliphatic rings. The topological polar surface area (TPSA) is 84.6 Å². The molecule has 0 spiro atoms. The van der Waals surface area contributed by atoms with Gasteiger partial charge in [-0.1, -0.05) is 36.4 Å². The second-order valence-corrected chi connectivity index (χ2v) is 8.51. The quantitative estimate of drug-likeness (QED) is 0.287. The third kappa shape index (κ3) is 4.52. The van der Waals surface area contributed by atoms with Gasteiger partial charge in [0.2, 0.25) is 0 Å². The Morgan fingerprint density at radius 2 is 0.971 bits per heavy atom. The van der Waals surface area contributed by atoms with Gasteiger partial charge < -0.3 is 23.1 Å². The summed E-state index contributed by atoms with van der Waals surface area (Å²) in [6.45, 7) is 3.46. The van der Waals surface area contributed by atoms with Crippen molar-refractivity contribution in [1.29, 1.82) is 0 Å². The molecule has 0 bridgehead atoms. The van der Waals surface area contributed by atoms with Crippen LogP contribution in [0, 0.1) is 0 Å². The van der Waals surface area contributed by atoms with E-state index in [0.29, 0.717) is 12.0 Å². The van der Waals surface area contributed by atoms with Gasteiger partial charge in [0, 0.05) is 26.2 Å². The van der Waals surface area contributed by atoms with Crippen molar-refractivity contribution in [2.45, 2.75) is 6.42 Å². The van der Waals surface area contributed by atoms with E-state index in [-0.39, 0.29) is 5.35 Å². The number of halogens is 1. The van der Waals surface area contributed by atoms with E-state index in [1.807, 2.05) is 72.8 Å². The van der Waals surface area contributed by atoms with Crippen LogP contribution in [0.4, 0.5) is 12.0 Å². The minimum Gasteiger partial charge on any atom is -0.428 e. The lowest BCUT2D eigenvalue weighted by Crippen LogP contribution is -2.30. The lowest BCUT2D eigenvalue weighted by atomic mass is 10.3. The molecule has 0 N–H and O–H groups in total. The van der Waals surface area contributed by atoms with Crippen LogP contribution in [0.2, 0.25) is 5.35 Å². The van der Waals surface area contributed by atoms with Crippen LogP contribution in [0.1, 0.15) is 6.42 Å². The SMILES string of the molecule is Clc1nc2ccccc2o1.c1ccc2oc(N3CCCN(c4nc5ccccc5o4)CC3)nc2c1. The molecule has 1 aliphatic heterocycles. The number of rotatable bonds is 2. The number of benzene rings is 3. The maximum absolute atomic E-state index is 5.91. The predicted molar refractivity (Wildman–Crippen MR) is 136 cm³/mol. The van der Waals surface area contributed by atoms with E-state index in [1.165, 1.54) is 0 Å². The fourth-order valence-electron chi connectivity index (χ4n) is 4.13. The summed E-state index contributed by atoms with van der Waals surface area (Å²) in [5, 5.41) is 0.196. The minimum atomic E-state index is 0.196. The summed E-state index contributed by atoms with van der Waals surface area (Å²) < 4.78 is 16.8. The highest BCUT2D eigenvalue weighted by atomic mass is 35.5. The van der Waals surface area contributed by atoms with Gasteiger partial charge in [-0.15, -0.1) is 0 Å². The van der Waals surface area contributed by atoms with Crippen LogP contribution >= 0.6 is 11.6 Å². The summed E-state index contributed by atoms with van der Waals surface area (Å²) >= 11 is 5.51. The Kier molecular flexibility index (Phi) is 5.71. The standard InChI is InChI=1S/C19H18N4O2.C7H4ClNO/c1-3-8-16-14(6-1)20-18(24-16)22-10-5-11-23(13-12-22)19-21-15-7-2-4-9-17(15)25-19;8-7-9-5-3-1-2-4-6(5)10-7/h1-4,6-9H,5,10-13H2;1-4H. The van der Waals surface area contributed by atoms with Crippen LogP contribution < -0.4 is 9.80 Å². The lowest BCUT2D eigenvalue weighted by molar-refractivity contribution is 0.565. The van der Waals surface area contributed by atoms with E-state index in [9.17, 15) is 0 Å². The van der Waals surface area contributed by atoms with Gasteiger partial charge in [-0.3, -0.25) is 0 Å². The van der Waals surface area contributed by atoms with Crippen molar-refractivity contribution in [3.63, 3.8) is 0 Å². The van der Waals surface area contributed by atoms with Crippen LogP contribution in [-0.2, 0) is 0 Å². The van der Waals surface area contributed by atoms with Gasteiger partial charge in [0.15, 0.2) is 16.7 Å². The van der Waals surface area contributed by atoms with Gasteiger partial charge in [-0.05, 0) is 54.4 Å². The Bertz CT molecular complexity index is 1410. The Hall–Kier alpha value is -4.04. The molecule has 1 saturated heterocycles. The zero-order valence-electron chi connectivity index (χ0n) is 18.8. The van der Waals surface area contributed by atoms with E-state index in [4.69, 9.17) is 24.9 Å². The van der Waals surface area contributed by atoms with Crippen molar-refractivity contribution >= 4 is 56.9 Å². The van der Waals surface area contributed by atoms with E-state index < -0.39 is 0 Å². The van der Waals surface area contributed by atoms with Crippen LogP contribution in [0.15, 0.2) is 86.0 Å². The minimum absolute atomic E-state index is 0.196. The zero-order valence-corrected chi connectivity index (χ0v) is 19.6. The molecule has 6 aromatic rings. The molecule has 0 amide bonds. The Morgan fingerprint density at radius 3 is 1.43 bits per heavy atom. The number of nitrogens with zero attached hydrogens (tertiary/aromatic N) is 5. The highest BCUT2D eigenvalue weighted by Crippen LogP contribution is 2.25. The van der Waals surface area contributed by atoms with Gasteiger partial charge in [0.25, 0.3) is 17.4 Å². The molecular formula is C26H22ClN5O3. The molecular weight excluding hydrogens is 466 g/mol. The number of aromatic nitrogens is 3. The fourth-order valence-corrected chi connectivity index (χ4v) is 4.31. The number of para-hydroxylation sites is 6. The second kappa shape index (κ2) is 9.31. The Labute approximate surface area is 205 Å². The molecule has 4 heterocycles. The predicted octanol–water partition coefficient (Wildman–Crippen LogP) is 6.17. The van der Waals surface area contributed by atoms with E-state index in [0.717, 1.165) is 65.9 Å². The summed E-state index contributed by atoms with van der Waals surface area (Å²) in [6.07, 6.45) is 0.997. The average Bonchev–Trinajstić information content (AvgIpc) is 3.55. The summed E-state index contributed by atoms with van der Waals surface area (Å²) in [7, 11) is 0. The summed E-state index contributed by atoms with van der Waals surface area (Å²) in [6, 6.07) is 24.6. The van der Waals surface area contributed by atoms with Gasteiger partial charge in [0.1, 0.15) is 16.6 Å². The maximum atomic E-state index is 5.91. The van der Waals surface area contributed by atoms with Crippen LogP contribution in [-0.4, -0.2) is 41.1 Å². The third-order valence-corrected chi connectivity index (χ3v) is 6.03. The number of hydrogen-bond acceptors (Lipinski definition) is 8. The van der Waals surface area contributed by atoms with Crippen LogP contribution in [0.3, 0.4) is 0 Å². The van der Waals surface area contributed by atoms with Crippen LogP contribution in [0.5, 0.6) is 0 Å². The molecule has 3 aromatic carbocycles. The van der Waals surface area contributed by atoms with E-state index in [2.05, 4.69) is 24.8 Å². The number of fused-ring (bicyclic) bond motifs is 3. The first kappa shape index (κ1) is 21.5. The van der Waals surface area contributed by atoms with Crippen molar-refractivity contribution in [2.75, 3.05) is 36.0 Å². The van der Waals surface area contributed by atoms with Crippen molar-refractivity contribution in [3.8, 4) is 0 Å². The summed E-state index contributed by atoms with van der Waals surface area (Å²) in [5.41, 5.74) is 4.99. The molecule has 0 radical (unpaired) electrons. The normalized spacial score (nSPS) is 14.3. The fraction of sp³-hybridized carbons (Fsp3) is 0.192. The molecule has 176 valence electrons. The molecule has 35 heavy (non-hydrogen) atoms. The molecule has 3 aromatic heterocycles. The van der Waals surface area contributed by atoms with Crippen LogP contribution in [0.25, 0.3) is 33.3 Å². The lowest BCUT2D eigenvalue weighted by Gasteiger charge is -2.19. The van der Waals surface area contributed by atoms with Gasteiger partial charge in [0.05, 0.1) is 0 Å². The van der Waals surface area contributed by atoms with Gasteiger partial charge in [-0.2, -0.15) is 15.0 Å². The highest BCUT2D eigenvalue weighted by molar-refractivity contribution is 6.28. The monoisotopic (exact) mass is 487 g/mol. The molecule has 1 fully saturated rings. The number of anilines is 2. The molecule has 0 aliphatic carbocycles. The highest BCUT2D eigenvalue weighted by Gasteiger charge is 2.22. The largest absolute Gasteiger partial charge is 0.428 e. The molecule has 0 unspecified atom stereocenters. The van der Waals surface area contributed by atoms with Crippen molar-refractivity contribution in [3.05, 3.63) is 78.1 Å². The first-order valence-electron chi connectivity index (χ1n) is 11.4. The average molecular weight is 488 g/mol. The molecule has 8 nitrogen and oxygen atoms in total. The molecule has 0 saturated carbocycles. The first-order valence-corrected chi connectivity index (χ1v) is 11.8. The smallest absolute Gasteiger partial charge is 0.298 e. The number of hydrogen-bond donors (Lipinski definition) is 0. The van der Waals surface area contributed by atoms with E-state index >= 15 is 0 Å². The Balaban J connectivity index is 0.000000191. The maximum Gasteiger partial charge on any atom is 0.298 e. The Morgan fingerprint density at radius 1 is 0.543 bits per heavy atom. The molecule has 9 heteroatoms. The second-order valence-electron chi connectivity index (χ2n) is 8.19. The summed E-state index contributed by atoms with van der Waals surface area (Å²) in [5.74, 6) is 0. The summed E-state index contributed by atoms with van der Waals surface area (Å²) in [4.78, 5) is 17.5. The third-order valence-electron chi connectivity index (χ3n) is 5.87. The van der Waals surface area contributed by atoms with Crippen molar-refractivity contribution in [2.24, 2.45) is 0 Å². The van der Waals surface area contributed by atoms with Crippen molar-refractivity contribution < 1.29 is 13.3 Å². The number of oxazole rings is 3. The van der Waals surface area contributed by atoms with E-state index in [1.54, 1.807) is 0 Å². The zero-order chi connectivity index (χ0) is 23.6. The first-order chi connectivity index (χ1) is 17.2. The van der Waals surface area contributed by atoms with Gasteiger partial charge >= 0.3 is 0 Å².